The minimum atomic E-state index is 0.0951. The first-order valence-electron chi connectivity index (χ1n) is 6.72. The van der Waals surface area contributed by atoms with Crippen LogP contribution in [0.15, 0.2) is 17.5 Å². The summed E-state index contributed by atoms with van der Waals surface area (Å²) < 4.78 is 0. The van der Waals surface area contributed by atoms with Gasteiger partial charge in [0.15, 0.2) is 0 Å². The summed E-state index contributed by atoms with van der Waals surface area (Å²) in [5.74, 6) is 0.153. The first-order valence-corrected chi connectivity index (χ1v) is 7.60. The summed E-state index contributed by atoms with van der Waals surface area (Å²) in [6.07, 6.45) is 4.94. The van der Waals surface area contributed by atoms with E-state index >= 15 is 0 Å². The molecule has 0 saturated heterocycles. The summed E-state index contributed by atoms with van der Waals surface area (Å²) in [5, 5.41) is 5.20. The number of thiophene rings is 1. The first-order chi connectivity index (χ1) is 8.69. The van der Waals surface area contributed by atoms with E-state index in [1.807, 2.05) is 6.07 Å². The summed E-state index contributed by atoms with van der Waals surface area (Å²) >= 11 is 1.70. The molecule has 0 aromatic carbocycles. The van der Waals surface area contributed by atoms with Crippen LogP contribution in [0.3, 0.4) is 0 Å². The van der Waals surface area contributed by atoms with Gasteiger partial charge in [-0.3, -0.25) is 4.79 Å². The lowest BCUT2D eigenvalue weighted by Gasteiger charge is -2.40. The Balaban J connectivity index is 1.90. The summed E-state index contributed by atoms with van der Waals surface area (Å²) in [4.78, 5) is 13.4. The summed E-state index contributed by atoms with van der Waals surface area (Å²) in [7, 11) is 0. The molecule has 1 aromatic rings. The molecule has 4 heteroatoms. The van der Waals surface area contributed by atoms with Crippen molar-refractivity contribution in [3.8, 4) is 0 Å². The average molecular weight is 266 g/mol. The highest BCUT2D eigenvalue weighted by Gasteiger charge is 2.37. The quantitative estimate of drug-likeness (QED) is 0.832. The van der Waals surface area contributed by atoms with Crippen LogP contribution in [0.4, 0.5) is 0 Å². The molecule has 3 N–H and O–H groups in total. The van der Waals surface area contributed by atoms with Crippen LogP contribution < -0.4 is 11.1 Å². The third-order valence-electron chi connectivity index (χ3n) is 4.01. The monoisotopic (exact) mass is 266 g/mol. The highest BCUT2D eigenvalue weighted by Crippen LogP contribution is 2.43. The number of nitrogens with one attached hydrogen (secondary N) is 1. The fourth-order valence-electron chi connectivity index (χ4n) is 2.58. The molecule has 1 unspecified atom stereocenters. The molecule has 1 heterocycles. The number of hydrogen-bond donors (Lipinski definition) is 2. The Hall–Kier alpha value is -0.870. The van der Waals surface area contributed by atoms with E-state index in [0.717, 1.165) is 19.3 Å². The lowest BCUT2D eigenvalue weighted by molar-refractivity contribution is -0.125. The zero-order chi connectivity index (χ0) is 13.0. The van der Waals surface area contributed by atoms with Crippen molar-refractivity contribution in [1.29, 1.82) is 0 Å². The maximum Gasteiger partial charge on any atom is 0.221 e. The smallest absolute Gasteiger partial charge is 0.221 e. The highest BCUT2D eigenvalue weighted by atomic mass is 32.1. The van der Waals surface area contributed by atoms with E-state index in [-0.39, 0.29) is 17.4 Å². The molecule has 18 heavy (non-hydrogen) atoms. The standard InChI is InChI=1S/C14H22N2OS/c1-2-11(12-5-3-8-18-12)16-13(17)9-14(10-15)6-4-7-14/h3,5,8,11H,2,4,6-7,9-10,15H2,1H3,(H,16,17). The molecule has 1 aromatic heterocycles. The van der Waals surface area contributed by atoms with Gasteiger partial charge in [0, 0.05) is 11.3 Å². The Kier molecular flexibility index (Phi) is 4.40. The van der Waals surface area contributed by atoms with Gasteiger partial charge in [-0.1, -0.05) is 19.4 Å². The second-order valence-electron chi connectivity index (χ2n) is 5.28. The van der Waals surface area contributed by atoms with Crippen LogP contribution in [0.5, 0.6) is 0 Å². The molecule has 2 rings (SSSR count). The van der Waals surface area contributed by atoms with Gasteiger partial charge in [0.25, 0.3) is 0 Å². The van der Waals surface area contributed by atoms with Gasteiger partial charge in [0.1, 0.15) is 0 Å². The summed E-state index contributed by atoms with van der Waals surface area (Å²) in [5.41, 5.74) is 5.89. The fraction of sp³-hybridized carbons (Fsp3) is 0.643. The Labute approximate surface area is 113 Å². The van der Waals surface area contributed by atoms with Crippen molar-refractivity contribution >= 4 is 17.2 Å². The largest absolute Gasteiger partial charge is 0.348 e. The molecular weight excluding hydrogens is 244 g/mol. The van der Waals surface area contributed by atoms with Crippen LogP contribution in [-0.4, -0.2) is 12.5 Å². The van der Waals surface area contributed by atoms with E-state index in [2.05, 4.69) is 23.7 Å². The minimum absolute atomic E-state index is 0.0951. The van der Waals surface area contributed by atoms with Crippen LogP contribution in [0.25, 0.3) is 0 Å². The second-order valence-corrected chi connectivity index (χ2v) is 6.26. The molecule has 3 nitrogen and oxygen atoms in total. The topological polar surface area (TPSA) is 55.1 Å². The van der Waals surface area contributed by atoms with Crippen molar-refractivity contribution in [2.75, 3.05) is 6.54 Å². The molecule has 0 aliphatic heterocycles. The predicted molar refractivity (Wildman–Crippen MR) is 75.4 cm³/mol. The second kappa shape index (κ2) is 5.85. The molecule has 100 valence electrons. The van der Waals surface area contributed by atoms with Crippen molar-refractivity contribution in [2.45, 2.75) is 45.1 Å². The Bertz CT molecular complexity index is 379. The number of amides is 1. The van der Waals surface area contributed by atoms with Gasteiger partial charge in [-0.05, 0) is 42.7 Å². The van der Waals surface area contributed by atoms with E-state index in [9.17, 15) is 4.79 Å². The Morgan fingerprint density at radius 2 is 2.39 bits per heavy atom. The number of rotatable bonds is 6. The van der Waals surface area contributed by atoms with Gasteiger partial charge in [0.2, 0.25) is 5.91 Å². The molecule has 0 radical (unpaired) electrons. The van der Waals surface area contributed by atoms with Crippen molar-refractivity contribution in [3.63, 3.8) is 0 Å². The predicted octanol–water partition coefficient (Wildman–Crippen LogP) is 2.83. The summed E-state index contributed by atoms with van der Waals surface area (Å²) in [6, 6.07) is 4.27. The molecule has 1 aliphatic carbocycles. The molecule has 1 atom stereocenters. The molecule has 0 spiro atoms. The lowest BCUT2D eigenvalue weighted by atomic mass is 9.66. The zero-order valence-electron chi connectivity index (χ0n) is 10.9. The van der Waals surface area contributed by atoms with Crippen molar-refractivity contribution in [1.82, 2.24) is 5.32 Å². The van der Waals surface area contributed by atoms with Crippen LogP contribution in [0, 0.1) is 5.41 Å². The van der Waals surface area contributed by atoms with E-state index in [1.54, 1.807) is 11.3 Å². The van der Waals surface area contributed by atoms with Gasteiger partial charge in [0.05, 0.1) is 6.04 Å². The van der Waals surface area contributed by atoms with E-state index in [1.165, 1.54) is 11.3 Å². The molecule has 1 saturated carbocycles. The maximum absolute atomic E-state index is 12.1. The highest BCUT2D eigenvalue weighted by molar-refractivity contribution is 7.10. The van der Waals surface area contributed by atoms with Crippen molar-refractivity contribution in [2.24, 2.45) is 11.1 Å². The SMILES string of the molecule is CCC(NC(=O)CC1(CN)CCC1)c1cccs1. The maximum atomic E-state index is 12.1. The molecule has 1 amide bonds. The number of carbonyl (C=O) groups excluding carboxylic acids is 1. The van der Waals surface area contributed by atoms with Crippen LogP contribution in [0.1, 0.15) is 49.9 Å². The molecule has 0 bridgehead atoms. The van der Waals surface area contributed by atoms with Crippen molar-refractivity contribution in [3.05, 3.63) is 22.4 Å². The van der Waals surface area contributed by atoms with Gasteiger partial charge in [-0.2, -0.15) is 0 Å². The van der Waals surface area contributed by atoms with Crippen LogP contribution in [0.2, 0.25) is 0 Å². The van der Waals surface area contributed by atoms with Gasteiger partial charge in [-0.25, -0.2) is 0 Å². The van der Waals surface area contributed by atoms with E-state index in [0.29, 0.717) is 13.0 Å². The van der Waals surface area contributed by atoms with Crippen LogP contribution >= 0.6 is 11.3 Å². The fourth-order valence-corrected chi connectivity index (χ4v) is 3.44. The normalized spacial score (nSPS) is 19.0. The first kappa shape index (κ1) is 13.6. The minimum Gasteiger partial charge on any atom is -0.348 e. The number of nitrogens with two attached hydrogens (primary N) is 1. The van der Waals surface area contributed by atoms with E-state index < -0.39 is 0 Å². The van der Waals surface area contributed by atoms with Gasteiger partial charge in [-0.15, -0.1) is 11.3 Å². The van der Waals surface area contributed by atoms with E-state index in [4.69, 9.17) is 5.73 Å². The summed E-state index contributed by atoms with van der Waals surface area (Å²) in [6.45, 7) is 2.74. The third-order valence-corrected chi connectivity index (χ3v) is 5.00. The third kappa shape index (κ3) is 2.93. The Morgan fingerprint density at radius 3 is 2.83 bits per heavy atom. The molecule has 1 aliphatic rings. The van der Waals surface area contributed by atoms with Crippen LogP contribution in [-0.2, 0) is 4.79 Å². The van der Waals surface area contributed by atoms with Gasteiger partial charge >= 0.3 is 0 Å². The molecular formula is C14H22N2OS. The zero-order valence-corrected chi connectivity index (χ0v) is 11.8. The molecule has 1 fully saturated rings. The number of carbonyl (C=O) groups is 1. The van der Waals surface area contributed by atoms with Gasteiger partial charge < -0.3 is 11.1 Å². The lowest BCUT2D eigenvalue weighted by Crippen LogP contribution is -2.42. The average Bonchev–Trinajstić information content (AvgIpc) is 2.84. The Morgan fingerprint density at radius 1 is 1.61 bits per heavy atom. The number of hydrogen-bond acceptors (Lipinski definition) is 3. The van der Waals surface area contributed by atoms with Crippen molar-refractivity contribution < 1.29 is 4.79 Å².